The Kier molecular flexibility index (Phi) is 3.58. The smallest absolute Gasteiger partial charge is 0.155 e. The van der Waals surface area contributed by atoms with E-state index in [9.17, 15) is 0 Å². The lowest BCUT2D eigenvalue weighted by Gasteiger charge is -2.09. The molecule has 0 fully saturated rings. The predicted molar refractivity (Wildman–Crippen MR) is 81.1 cm³/mol. The molecule has 0 aliphatic heterocycles. The number of benzene rings is 1. The maximum Gasteiger partial charge on any atom is 0.155 e. The predicted octanol–water partition coefficient (Wildman–Crippen LogP) is 4.32. The molecule has 0 radical (unpaired) electrons. The summed E-state index contributed by atoms with van der Waals surface area (Å²) < 4.78 is 1.69. The van der Waals surface area contributed by atoms with Gasteiger partial charge in [0.1, 0.15) is 5.82 Å². The van der Waals surface area contributed by atoms with E-state index in [1.165, 1.54) is 0 Å². The largest absolute Gasteiger partial charge is 0.339 e. The van der Waals surface area contributed by atoms with E-state index in [2.05, 4.69) is 15.4 Å². The molecule has 6 heteroatoms. The van der Waals surface area contributed by atoms with E-state index in [1.54, 1.807) is 23.0 Å². The number of nitrogens with one attached hydrogen (secondary N) is 1. The van der Waals surface area contributed by atoms with Crippen molar-refractivity contribution in [3.63, 3.8) is 0 Å². The summed E-state index contributed by atoms with van der Waals surface area (Å²) in [6.45, 7) is 0. The number of halogens is 2. The Balaban J connectivity index is 1.89. The first-order valence-electron chi connectivity index (χ1n) is 5.91. The number of hydrogen-bond acceptors (Lipinski definition) is 3. The Morgan fingerprint density at radius 3 is 2.70 bits per heavy atom. The van der Waals surface area contributed by atoms with Gasteiger partial charge >= 0.3 is 0 Å². The second-order valence-electron chi connectivity index (χ2n) is 4.08. The highest BCUT2D eigenvalue weighted by Crippen LogP contribution is 2.27. The molecule has 0 saturated heterocycles. The van der Waals surface area contributed by atoms with E-state index in [-0.39, 0.29) is 0 Å². The lowest BCUT2D eigenvalue weighted by Crippen LogP contribution is -2.01. The van der Waals surface area contributed by atoms with Gasteiger partial charge in [-0.3, -0.25) is 0 Å². The van der Waals surface area contributed by atoms with E-state index in [4.69, 9.17) is 23.2 Å². The molecule has 100 valence electrons. The number of nitrogens with zero attached hydrogens (tertiary/aromatic N) is 3. The average Bonchev–Trinajstić information content (AvgIpc) is 2.96. The number of hydrogen-bond donors (Lipinski definition) is 1. The molecular weight excluding hydrogens is 295 g/mol. The summed E-state index contributed by atoms with van der Waals surface area (Å²) in [5.41, 5.74) is 0.751. The van der Waals surface area contributed by atoms with E-state index in [1.807, 2.05) is 36.5 Å². The van der Waals surface area contributed by atoms with Crippen LogP contribution in [0.15, 0.2) is 54.9 Å². The standard InChI is InChI=1S/C14H10Cl2N4/c15-10-5-6-12(11(16)9-10)18-13-3-1-4-14(19-13)20-8-2-7-17-20/h1-9H,(H,18,19). The fourth-order valence-electron chi connectivity index (χ4n) is 1.75. The molecule has 0 aliphatic rings. The highest BCUT2D eigenvalue weighted by atomic mass is 35.5. The maximum absolute atomic E-state index is 6.13. The first-order chi connectivity index (χ1) is 9.72. The summed E-state index contributed by atoms with van der Waals surface area (Å²) in [5, 5.41) is 8.45. The fourth-order valence-corrected chi connectivity index (χ4v) is 2.21. The highest BCUT2D eigenvalue weighted by molar-refractivity contribution is 6.36. The molecule has 0 spiro atoms. The van der Waals surface area contributed by atoms with Crippen molar-refractivity contribution in [1.29, 1.82) is 0 Å². The Bertz CT molecular complexity index is 726. The third kappa shape index (κ3) is 2.76. The summed E-state index contributed by atoms with van der Waals surface area (Å²) in [7, 11) is 0. The van der Waals surface area contributed by atoms with Crippen molar-refractivity contribution in [3.05, 3.63) is 64.9 Å². The summed E-state index contributed by atoms with van der Waals surface area (Å²) in [5.74, 6) is 1.41. The zero-order chi connectivity index (χ0) is 13.9. The van der Waals surface area contributed by atoms with E-state index in [0.29, 0.717) is 15.9 Å². The van der Waals surface area contributed by atoms with Gasteiger partial charge in [-0.05, 0) is 36.4 Å². The van der Waals surface area contributed by atoms with Crippen molar-refractivity contribution in [1.82, 2.24) is 14.8 Å². The van der Waals surface area contributed by atoms with Crippen LogP contribution < -0.4 is 5.32 Å². The van der Waals surface area contributed by atoms with Gasteiger partial charge < -0.3 is 5.32 Å². The van der Waals surface area contributed by atoms with Gasteiger partial charge in [-0.25, -0.2) is 9.67 Å². The first-order valence-corrected chi connectivity index (χ1v) is 6.67. The molecule has 0 aliphatic carbocycles. The van der Waals surface area contributed by atoms with Crippen LogP contribution in [0.3, 0.4) is 0 Å². The SMILES string of the molecule is Clc1ccc(Nc2cccc(-n3cccn3)n2)c(Cl)c1. The van der Waals surface area contributed by atoms with Gasteiger partial charge in [-0.1, -0.05) is 29.3 Å². The molecule has 20 heavy (non-hydrogen) atoms. The Labute approximate surface area is 126 Å². The Morgan fingerprint density at radius 2 is 1.95 bits per heavy atom. The summed E-state index contributed by atoms with van der Waals surface area (Å²) in [6.07, 6.45) is 3.54. The van der Waals surface area contributed by atoms with Crippen LogP contribution in [0, 0.1) is 0 Å². The van der Waals surface area contributed by atoms with E-state index >= 15 is 0 Å². The quantitative estimate of drug-likeness (QED) is 0.783. The molecule has 3 rings (SSSR count). The Hall–Kier alpha value is -2.04. The van der Waals surface area contributed by atoms with Crippen LogP contribution >= 0.6 is 23.2 Å². The topological polar surface area (TPSA) is 42.7 Å². The van der Waals surface area contributed by atoms with Crippen LogP contribution in [0.25, 0.3) is 5.82 Å². The zero-order valence-electron chi connectivity index (χ0n) is 10.3. The van der Waals surface area contributed by atoms with Crippen LogP contribution in [0.5, 0.6) is 0 Å². The molecule has 0 amide bonds. The van der Waals surface area contributed by atoms with Crippen LogP contribution in [-0.4, -0.2) is 14.8 Å². The molecule has 0 saturated carbocycles. The Morgan fingerprint density at radius 1 is 1.05 bits per heavy atom. The third-order valence-electron chi connectivity index (χ3n) is 2.67. The number of pyridine rings is 1. The summed E-state index contributed by atoms with van der Waals surface area (Å²) in [6, 6.07) is 12.7. The third-order valence-corrected chi connectivity index (χ3v) is 3.22. The average molecular weight is 305 g/mol. The van der Waals surface area contributed by atoms with Gasteiger partial charge in [0.25, 0.3) is 0 Å². The molecule has 4 nitrogen and oxygen atoms in total. The number of anilines is 2. The minimum atomic E-state index is 0.545. The molecule has 0 atom stereocenters. The maximum atomic E-state index is 6.13. The molecule has 0 unspecified atom stereocenters. The van der Waals surface area contributed by atoms with E-state index in [0.717, 1.165) is 11.5 Å². The minimum absolute atomic E-state index is 0.545. The van der Waals surface area contributed by atoms with Crippen molar-refractivity contribution < 1.29 is 0 Å². The first kappa shape index (κ1) is 13.0. The van der Waals surface area contributed by atoms with Gasteiger partial charge in [-0.2, -0.15) is 5.10 Å². The molecule has 2 aromatic heterocycles. The summed E-state index contributed by atoms with van der Waals surface area (Å²) in [4.78, 5) is 4.47. The number of aromatic nitrogens is 3. The fraction of sp³-hybridized carbons (Fsp3) is 0. The van der Waals surface area contributed by atoms with Crippen LogP contribution in [0.4, 0.5) is 11.5 Å². The second kappa shape index (κ2) is 5.53. The molecular formula is C14H10Cl2N4. The monoisotopic (exact) mass is 304 g/mol. The van der Waals surface area contributed by atoms with Gasteiger partial charge in [0.05, 0.1) is 10.7 Å². The van der Waals surface area contributed by atoms with Crippen LogP contribution in [-0.2, 0) is 0 Å². The summed E-state index contributed by atoms with van der Waals surface area (Å²) >= 11 is 12.0. The number of rotatable bonds is 3. The van der Waals surface area contributed by atoms with Crippen LogP contribution in [0.1, 0.15) is 0 Å². The van der Waals surface area contributed by atoms with Crippen LogP contribution in [0.2, 0.25) is 10.0 Å². The van der Waals surface area contributed by atoms with Gasteiger partial charge in [0.15, 0.2) is 5.82 Å². The minimum Gasteiger partial charge on any atom is -0.339 e. The highest BCUT2D eigenvalue weighted by Gasteiger charge is 2.04. The van der Waals surface area contributed by atoms with Crippen molar-refractivity contribution >= 4 is 34.7 Å². The van der Waals surface area contributed by atoms with Crippen molar-refractivity contribution in [2.75, 3.05) is 5.32 Å². The van der Waals surface area contributed by atoms with Gasteiger partial charge in [0, 0.05) is 17.4 Å². The molecule has 1 N–H and O–H groups in total. The molecule has 3 aromatic rings. The van der Waals surface area contributed by atoms with Gasteiger partial charge in [0.2, 0.25) is 0 Å². The van der Waals surface area contributed by atoms with Crippen molar-refractivity contribution in [3.8, 4) is 5.82 Å². The molecule has 1 aromatic carbocycles. The molecule has 0 bridgehead atoms. The van der Waals surface area contributed by atoms with Crippen molar-refractivity contribution in [2.24, 2.45) is 0 Å². The molecule has 2 heterocycles. The second-order valence-corrected chi connectivity index (χ2v) is 4.92. The van der Waals surface area contributed by atoms with Gasteiger partial charge in [-0.15, -0.1) is 0 Å². The zero-order valence-corrected chi connectivity index (χ0v) is 11.8. The normalized spacial score (nSPS) is 10.5. The lowest BCUT2D eigenvalue weighted by atomic mass is 10.3. The van der Waals surface area contributed by atoms with E-state index < -0.39 is 0 Å². The lowest BCUT2D eigenvalue weighted by molar-refractivity contribution is 0.848. The van der Waals surface area contributed by atoms with Crippen molar-refractivity contribution in [2.45, 2.75) is 0 Å².